The van der Waals surface area contributed by atoms with Crippen LogP contribution in [0, 0.1) is 11.3 Å². The standard InChI is InChI=1S/C15H21N3O2S/c1-13(2)17-7-9-18(10-8-17)21(19,20)12-15-5-3-14(11-16)4-6-15/h3-6,13H,7-10,12H2,1-2H3. The lowest BCUT2D eigenvalue weighted by molar-refractivity contribution is 0.154. The van der Waals surface area contributed by atoms with E-state index in [0.29, 0.717) is 24.7 Å². The van der Waals surface area contributed by atoms with Gasteiger partial charge >= 0.3 is 0 Å². The summed E-state index contributed by atoms with van der Waals surface area (Å²) in [4.78, 5) is 2.29. The molecule has 1 aliphatic rings. The smallest absolute Gasteiger partial charge is 0.218 e. The largest absolute Gasteiger partial charge is 0.298 e. The summed E-state index contributed by atoms with van der Waals surface area (Å²) in [6, 6.07) is 9.21. The Morgan fingerprint density at radius 2 is 1.71 bits per heavy atom. The molecule has 0 atom stereocenters. The fourth-order valence-electron chi connectivity index (χ4n) is 2.48. The Kier molecular flexibility index (Phi) is 4.99. The third kappa shape index (κ3) is 4.03. The van der Waals surface area contributed by atoms with Crippen LogP contribution in [-0.4, -0.2) is 49.8 Å². The van der Waals surface area contributed by atoms with Crippen LogP contribution in [0.15, 0.2) is 24.3 Å². The molecular weight excluding hydrogens is 286 g/mol. The van der Waals surface area contributed by atoms with Crippen molar-refractivity contribution in [3.05, 3.63) is 35.4 Å². The second-order valence-corrected chi connectivity index (χ2v) is 7.56. The van der Waals surface area contributed by atoms with Crippen LogP contribution in [-0.2, 0) is 15.8 Å². The highest BCUT2D eigenvalue weighted by Gasteiger charge is 2.27. The molecule has 0 N–H and O–H groups in total. The van der Waals surface area contributed by atoms with Gasteiger partial charge in [0.1, 0.15) is 0 Å². The minimum atomic E-state index is -3.28. The molecule has 0 saturated carbocycles. The third-order valence-electron chi connectivity index (χ3n) is 3.83. The van der Waals surface area contributed by atoms with Crippen molar-refractivity contribution in [3.63, 3.8) is 0 Å². The van der Waals surface area contributed by atoms with Gasteiger partial charge < -0.3 is 0 Å². The lowest BCUT2D eigenvalue weighted by Crippen LogP contribution is -2.50. The molecule has 1 saturated heterocycles. The topological polar surface area (TPSA) is 64.4 Å². The molecule has 2 rings (SSSR count). The molecular formula is C15H21N3O2S. The molecule has 0 aromatic heterocycles. The molecule has 0 radical (unpaired) electrons. The molecule has 114 valence electrons. The summed E-state index contributed by atoms with van der Waals surface area (Å²) in [5.41, 5.74) is 1.27. The number of benzene rings is 1. The van der Waals surface area contributed by atoms with E-state index in [0.717, 1.165) is 18.7 Å². The lowest BCUT2D eigenvalue weighted by atomic mass is 10.2. The van der Waals surface area contributed by atoms with Gasteiger partial charge in [0.25, 0.3) is 0 Å². The summed E-state index contributed by atoms with van der Waals surface area (Å²) in [7, 11) is -3.28. The van der Waals surface area contributed by atoms with Gasteiger partial charge in [-0.2, -0.15) is 9.57 Å². The van der Waals surface area contributed by atoms with Gasteiger partial charge in [0.15, 0.2) is 0 Å². The van der Waals surface area contributed by atoms with Crippen LogP contribution in [0.25, 0.3) is 0 Å². The highest BCUT2D eigenvalue weighted by molar-refractivity contribution is 7.88. The van der Waals surface area contributed by atoms with Crippen LogP contribution in [0.1, 0.15) is 25.0 Å². The summed E-state index contributed by atoms with van der Waals surface area (Å²) in [6.45, 7) is 6.92. The Labute approximate surface area is 126 Å². The first kappa shape index (κ1) is 16.0. The van der Waals surface area contributed by atoms with Gasteiger partial charge in [-0.25, -0.2) is 8.42 Å². The second-order valence-electron chi connectivity index (χ2n) is 5.59. The van der Waals surface area contributed by atoms with Crippen molar-refractivity contribution in [3.8, 4) is 6.07 Å². The molecule has 6 heteroatoms. The number of hydrogen-bond acceptors (Lipinski definition) is 4. The maximum absolute atomic E-state index is 12.4. The van der Waals surface area contributed by atoms with Crippen molar-refractivity contribution >= 4 is 10.0 Å². The molecule has 5 nitrogen and oxygen atoms in total. The normalized spacial score (nSPS) is 17.8. The van der Waals surface area contributed by atoms with Crippen LogP contribution in [0.4, 0.5) is 0 Å². The SMILES string of the molecule is CC(C)N1CCN(S(=O)(=O)Cc2ccc(C#N)cc2)CC1. The zero-order valence-electron chi connectivity index (χ0n) is 12.5. The third-order valence-corrected chi connectivity index (χ3v) is 5.68. The van der Waals surface area contributed by atoms with E-state index in [9.17, 15) is 8.42 Å². The molecule has 1 heterocycles. The van der Waals surface area contributed by atoms with E-state index in [-0.39, 0.29) is 5.75 Å². The minimum absolute atomic E-state index is 0.000384. The van der Waals surface area contributed by atoms with E-state index < -0.39 is 10.0 Å². The highest BCUT2D eigenvalue weighted by atomic mass is 32.2. The van der Waals surface area contributed by atoms with Crippen molar-refractivity contribution in [2.24, 2.45) is 0 Å². The summed E-state index contributed by atoms with van der Waals surface area (Å²) < 4.78 is 26.4. The van der Waals surface area contributed by atoms with Crippen LogP contribution in [0.2, 0.25) is 0 Å². The summed E-state index contributed by atoms with van der Waals surface area (Å²) in [5.74, 6) is 0.000384. The molecule has 0 aliphatic carbocycles. The van der Waals surface area contributed by atoms with E-state index in [4.69, 9.17) is 5.26 Å². The van der Waals surface area contributed by atoms with Crippen molar-refractivity contribution < 1.29 is 8.42 Å². The quantitative estimate of drug-likeness (QED) is 0.844. The number of hydrogen-bond donors (Lipinski definition) is 0. The average molecular weight is 307 g/mol. The number of nitriles is 1. The average Bonchev–Trinajstić information content (AvgIpc) is 2.48. The predicted molar refractivity (Wildman–Crippen MR) is 82.1 cm³/mol. The Morgan fingerprint density at radius 3 is 2.19 bits per heavy atom. The molecule has 1 aromatic carbocycles. The van der Waals surface area contributed by atoms with Crippen LogP contribution >= 0.6 is 0 Å². The lowest BCUT2D eigenvalue weighted by Gasteiger charge is -2.36. The zero-order chi connectivity index (χ0) is 15.5. The van der Waals surface area contributed by atoms with Crippen LogP contribution in [0.5, 0.6) is 0 Å². The molecule has 21 heavy (non-hydrogen) atoms. The van der Waals surface area contributed by atoms with Crippen molar-refractivity contribution in [1.29, 1.82) is 5.26 Å². The predicted octanol–water partition coefficient (Wildman–Crippen LogP) is 1.41. The Bertz CT molecular complexity index is 609. The van der Waals surface area contributed by atoms with Crippen LogP contribution in [0.3, 0.4) is 0 Å². The summed E-state index contributed by atoms with van der Waals surface area (Å²) in [6.07, 6.45) is 0. The van der Waals surface area contributed by atoms with E-state index in [1.54, 1.807) is 28.6 Å². The Balaban J connectivity index is 2.00. The first-order chi connectivity index (χ1) is 9.92. The molecule has 0 bridgehead atoms. The van der Waals surface area contributed by atoms with Crippen molar-refractivity contribution in [1.82, 2.24) is 9.21 Å². The Morgan fingerprint density at radius 1 is 1.14 bits per heavy atom. The fourth-order valence-corrected chi connectivity index (χ4v) is 3.99. The number of nitrogens with zero attached hydrogens (tertiary/aromatic N) is 3. The molecule has 1 fully saturated rings. The van der Waals surface area contributed by atoms with Gasteiger partial charge in [0, 0.05) is 32.2 Å². The monoisotopic (exact) mass is 307 g/mol. The van der Waals surface area contributed by atoms with Crippen molar-refractivity contribution in [2.45, 2.75) is 25.6 Å². The van der Waals surface area contributed by atoms with Gasteiger partial charge in [0.2, 0.25) is 10.0 Å². The number of rotatable bonds is 4. The van der Waals surface area contributed by atoms with Crippen LogP contribution < -0.4 is 0 Å². The van der Waals surface area contributed by atoms with Gasteiger partial charge in [-0.05, 0) is 31.5 Å². The first-order valence-electron chi connectivity index (χ1n) is 7.13. The molecule has 0 amide bonds. The Hall–Kier alpha value is -1.42. The minimum Gasteiger partial charge on any atom is -0.298 e. The highest BCUT2D eigenvalue weighted by Crippen LogP contribution is 2.15. The van der Waals surface area contributed by atoms with Gasteiger partial charge in [-0.3, -0.25) is 4.90 Å². The van der Waals surface area contributed by atoms with E-state index >= 15 is 0 Å². The number of sulfonamides is 1. The second kappa shape index (κ2) is 6.56. The van der Waals surface area contributed by atoms with E-state index in [1.807, 2.05) is 6.07 Å². The van der Waals surface area contributed by atoms with E-state index in [1.165, 1.54) is 0 Å². The van der Waals surface area contributed by atoms with E-state index in [2.05, 4.69) is 18.7 Å². The fraction of sp³-hybridized carbons (Fsp3) is 0.533. The summed E-state index contributed by atoms with van der Waals surface area (Å²) in [5, 5.41) is 8.75. The first-order valence-corrected chi connectivity index (χ1v) is 8.74. The van der Waals surface area contributed by atoms with Crippen molar-refractivity contribution in [2.75, 3.05) is 26.2 Å². The molecule has 0 spiro atoms. The maximum atomic E-state index is 12.4. The molecule has 1 aromatic rings. The van der Waals surface area contributed by atoms with Gasteiger partial charge in [0.05, 0.1) is 17.4 Å². The zero-order valence-corrected chi connectivity index (χ0v) is 13.3. The summed E-state index contributed by atoms with van der Waals surface area (Å²) >= 11 is 0. The van der Waals surface area contributed by atoms with Gasteiger partial charge in [-0.1, -0.05) is 12.1 Å². The molecule has 0 unspecified atom stereocenters. The maximum Gasteiger partial charge on any atom is 0.218 e. The number of piperazine rings is 1. The molecule has 1 aliphatic heterocycles. The van der Waals surface area contributed by atoms with Gasteiger partial charge in [-0.15, -0.1) is 0 Å².